The molecular formula is C58H96O24. The van der Waals surface area contributed by atoms with Gasteiger partial charge in [0, 0.05) is 17.8 Å². The van der Waals surface area contributed by atoms with Crippen molar-refractivity contribution in [2.75, 3.05) is 26.4 Å². The topological polar surface area (TPSA) is 372 Å². The van der Waals surface area contributed by atoms with Gasteiger partial charge in [0.05, 0.1) is 49.7 Å². The predicted molar refractivity (Wildman–Crippen MR) is 281 cm³/mol. The molecule has 82 heavy (non-hydrogen) atoms. The van der Waals surface area contributed by atoms with Gasteiger partial charge in [-0.15, -0.1) is 0 Å². The SMILES string of the molecule is CCCCCC(=O)OC1CC(C)(C)CC2C13C(O)CC1(C)C4(C)CCC5C(C)(C)C(OC6OCC(OC7OC(CO)C(O)C(O)C7OC7OCC(O)C(O)C7O)C(O)C6OC6OC(CO)C(O)C(O)C6O)CCC5(C)C4CCC21OC3O. The van der Waals surface area contributed by atoms with Crippen molar-refractivity contribution in [1.29, 1.82) is 0 Å². The van der Waals surface area contributed by atoms with Gasteiger partial charge in [0.25, 0.3) is 0 Å². The quantitative estimate of drug-likeness (QED) is 0.0550. The maximum absolute atomic E-state index is 13.5. The number of carbonyl (C=O) groups is 1. The summed E-state index contributed by atoms with van der Waals surface area (Å²) in [6.07, 6.45) is -25.3. The van der Waals surface area contributed by atoms with Gasteiger partial charge >= 0.3 is 5.97 Å². The zero-order chi connectivity index (χ0) is 59.6. The van der Waals surface area contributed by atoms with Crippen LogP contribution in [0.25, 0.3) is 0 Å². The van der Waals surface area contributed by atoms with E-state index in [-0.39, 0.29) is 46.4 Å². The van der Waals surface area contributed by atoms with Gasteiger partial charge in [-0.2, -0.15) is 0 Å². The van der Waals surface area contributed by atoms with Crippen LogP contribution in [0.3, 0.4) is 0 Å². The molecule has 0 amide bonds. The van der Waals surface area contributed by atoms with Crippen LogP contribution in [0.5, 0.6) is 0 Å². The summed E-state index contributed by atoms with van der Waals surface area (Å²) in [7, 11) is 0. The Morgan fingerprint density at radius 3 is 1.87 bits per heavy atom. The molecule has 1 spiro atoms. The van der Waals surface area contributed by atoms with Crippen LogP contribution < -0.4 is 0 Å². The molecule has 24 nitrogen and oxygen atoms in total. The number of hydrogen-bond acceptors (Lipinski definition) is 24. The minimum Gasteiger partial charge on any atom is -0.461 e. The molecule has 0 aromatic carbocycles. The third-order valence-corrected chi connectivity index (χ3v) is 23.1. The average molecular weight is 1180 g/mol. The van der Waals surface area contributed by atoms with E-state index >= 15 is 0 Å². The van der Waals surface area contributed by atoms with Gasteiger partial charge in [-0.25, -0.2) is 0 Å². The smallest absolute Gasteiger partial charge is 0.306 e. The number of carbonyl (C=O) groups excluding carboxylic acids is 1. The van der Waals surface area contributed by atoms with Gasteiger partial charge < -0.3 is 114 Å². The Morgan fingerprint density at radius 1 is 0.561 bits per heavy atom. The summed E-state index contributed by atoms with van der Waals surface area (Å²) < 4.78 is 62.4. The second kappa shape index (κ2) is 23.2. The Bertz CT molecular complexity index is 2230. The van der Waals surface area contributed by atoms with Crippen LogP contribution in [-0.2, 0) is 52.2 Å². The van der Waals surface area contributed by atoms with Crippen molar-refractivity contribution in [3.05, 3.63) is 0 Å². The number of aliphatic hydroxyl groups excluding tert-OH is 13. The van der Waals surface area contributed by atoms with E-state index in [0.29, 0.717) is 44.9 Å². The van der Waals surface area contributed by atoms with Crippen molar-refractivity contribution in [1.82, 2.24) is 0 Å². The number of unbranched alkanes of at least 4 members (excludes halogenated alkanes) is 2. The van der Waals surface area contributed by atoms with Gasteiger partial charge in [0.1, 0.15) is 91.6 Å². The van der Waals surface area contributed by atoms with E-state index in [1.54, 1.807) is 0 Å². The van der Waals surface area contributed by atoms with E-state index in [4.69, 9.17) is 47.4 Å². The molecule has 5 saturated carbocycles. The van der Waals surface area contributed by atoms with Crippen molar-refractivity contribution >= 4 is 5.97 Å². The first-order valence-electron chi connectivity index (χ1n) is 30.3. The second-order valence-corrected chi connectivity index (χ2v) is 28.3. The number of esters is 1. The summed E-state index contributed by atoms with van der Waals surface area (Å²) in [6, 6.07) is 0. The molecule has 5 aliphatic carbocycles. The Kier molecular flexibility index (Phi) is 18.0. The molecule has 2 bridgehead atoms. The zero-order valence-electron chi connectivity index (χ0n) is 48.8. The number of aliphatic hydroxyl groups is 13. The average Bonchev–Trinajstić information content (AvgIpc) is 1.38. The molecular weight excluding hydrogens is 1080 g/mol. The first-order valence-corrected chi connectivity index (χ1v) is 30.3. The van der Waals surface area contributed by atoms with Crippen molar-refractivity contribution < 1.29 is 119 Å². The highest BCUT2D eigenvalue weighted by Crippen LogP contribution is 2.81. The number of rotatable bonds is 15. The first-order chi connectivity index (χ1) is 38.5. The zero-order valence-corrected chi connectivity index (χ0v) is 48.8. The van der Waals surface area contributed by atoms with Gasteiger partial charge in [0.15, 0.2) is 31.5 Å². The van der Waals surface area contributed by atoms with E-state index in [0.717, 1.165) is 32.1 Å². The van der Waals surface area contributed by atoms with Gasteiger partial charge in [-0.1, -0.05) is 68.2 Å². The summed E-state index contributed by atoms with van der Waals surface area (Å²) in [5.74, 6) is -0.405. The maximum atomic E-state index is 13.5. The largest absolute Gasteiger partial charge is 0.461 e. The molecule has 13 N–H and O–H groups in total. The third kappa shape index (κ3) is 9.99. The molecule has 5 heterocycles. The van der Waals surface area contributed by atoms with Crippen LogP contribution >= 0.6 is 0 Å². The van der Waals surface area contributed by atoms with Gasteiger partial charge in [-0.3, -0.25) is 4.79 Å². The number of ether oxygens (including phenoxy) is 10. The van der Waals surface area contributed by atoms with Crippen LogP contribution in [0.4, 0.5) is 0 Å². The minimum atomic E-state index is -1.91. The molecule has 10 rings (SSSR count). The maximum Gasteiger partial charge on any atom is 0.306 e. The molecule has 0 radical (unpaired) electrons. The fourth-order valence-electron chi connectivity index (χ4n) is 18.6. The normalized spacial score (nSPS) is 54.2. The van der Waals surface area contributed by atoms with E-state index < -0.39 is 183 Å². The van der Waals surface area contributed by atoms with Crippen LogP contribution in [0.1, 0.15) is 139 Å². The van der Waals surface area contributed by atoms with Crippen LogP contribution in [0.2, 0.25) is 0 Å². The molecule has 0 aromatic rings. The fraction of sp³-hybridized carbons (Fsp3) is 0.983. The molecule has 0 aromatic heterocycles. The van der Waals surface area contributed by atoms with E-state index in [2.05, 4.69) is 55.4 Å². The molecule has 30 atom stereocenters. The summed E-state index contributed by atoms with van der Waals surface area (Å²) in [5, 5.41) is 144. The predicted octanol–water partition coefficient (Wildman–Crippen LogP) is -0.652. The Hall–Kier alpha value is -1.41. The minimum absolute atomic E-state index is 0.0503. The van der Waals surface area contributed by atoms with Crippen molar-refractivity contribution in [3.8, 4) is 0 Å². The lowest BCUT2D eigenvalue weighted by atomic mass is 9.30. The molecule has 24 heteroatoms. The summed E-state index contributed by atoms with van der Waals surface area (Å²) in [4.78, 5) is 13.5. The summed E-state index contributed by atoms with van der Waals surface area (Å²) >= 11 is 0. The molecule has 472 valence electrons. The molecule has 5 saturated heterocycles. The lowest BCUT2D eigenvalue weighted by molar-refractivity contribution is -0.392. The number of fused-ring (bicyclic) bond motifs is 4. The lowest BCUT2D eigenvalue weighted by Crippen LogP contribution is -2.75. The van der Waals surface area contributed by atoms with Crippen molar-refractivity contribution in [3.63, 3.8) is 0 Å². The Balaban J connectivity index is 0.899. The van der Waals surface area contributed by atoms with Crippen molar-refractivity contribution in [2.45, 2.75) is 280 Å². The van der Waals surface area contributed by atoms with E-state index in [9.17, 15) is 71.2 Å². The van der Waals surface area contributed by atoms with E-state index in [1.165, 1.54) is 0 Å². The van der Waals surface area contributed by atoms with Crippen LogP contribution in [-0.4, -0.2) is 240 Å². The highest BCUT2D eigenvalue weighted by Gasteiger charge is 2.84. The molecule has 10 fully saturated rings. The van der Waals surface area contributed by atoms with Crippen molar-refractivity contribution in [2.24, 2.45) is 50.2 Å². The molecule has 5 aliphatic heterocycles. The highest BCUT2D eigenvalue weighted by atomic mass is 16.8. The number of hydrogen-bond donors (Lipinski definition) is 13. The first kappa shape index (κ1) is 63.6. The monoisotopic (exact) mass is 1180 g/mol. The Morgan fingerprint density at radius 2 is 1.18 bits per heavy atom. The Labute approximate surface area is 479 Å². The standard InChI is InChI=1S/C58H96O24/c1-9-10-11-12-36(63)78-35-21-52(2,3)19-32-57-18-14-31-54(6)16-15-34(53(4,5)30(54)13-17-55(31,7)56(57,8)20-33(62)58(32,35)51(72)82-57)79-49-45(81-48-44(71)41(68)38(65)27(22-59)75-48)40(67)29(25-74-49)77-50-46(42(69)39(66)28(23-60)76-50)80-47-43(70)37(64)26(61)24-73-47/h26-35,37-51,59-62,64-72H,9-25H2,1-8H3. The summed E-state index contributed by atoms with van der Waals surface area (Å²) in [6.45, 7) is 15.3. The lowest BCUT2D eigenvalue weighted by Gasteiger charge is -2.75. The van der Waals surface area contributed by atoms with E-state index in [1.807, 2.05) is 0 Å². The van der Waals surface area contributed by atoms with Crippen LogP contribution in [0, 0.1) is 50.2 Å². The fourth-order valence-corrected chi connectivity index (χ4v) is 18.6. The second-order valence-electron chi connectivity index (χ2n) is 28.3. The highest BCUT2D eigenvalue weighted by molar-refractivity contribution is 5.69. The van der Waals surface area contributed by atoms with Gasteiger partial charge in [-0.05, 0) is 97.7 Å². The summed E-state index contributed by atoms with van der Waals surface area (Å²) in [5.41, 5.74) is -4.12. The van der Waals surface area contributed by atoms with Gasteiger partial charge in [0.2, 0.25) is 0 Å². The molecule has 30 unspecified atom stereocenters. The third-order valence-electron chi connectivity index (χ3n) is 23.1. The molecule has 10 aliphatic rings. The van der Waals surface area contributed by atoms with Crippen LogP contribution in [0.15, 0.2) is 0 Å².